The Labute approximate surface area is 132 Å². The summed E-state index contributed by atoms with van der Waals surface area (Å²) in [5.41, 5.74) is 3.57. The number of aryl methyl sites for hydroxylation is 1. The first-order chi connectivity index (χ1) is 10.1. The van der Waals surface area contributed by atoms with Gasteiger partial charge in [-0.2, -0.15) is 0 Å². The van der Waals surface area contributed by atoms with Gasteiger partial charge in [-0.1, -0.05) is 35.3 Å². The minimum absolute atomic E-state index is 0.0432. The zero-order valence-electron chi connectivity index (χ0n) is 11.2. The Morgan fingerprint density at radius 3 is 2.81 bits per heavy atom. The van der Waals surface area contributed by atoms with Crippen molar-refractivity contribution >= 4 is 34.8 Å². The van der Waals surface area contributed by atoms with E-state index in [4.69, 9.17) is 23.2 Å². The molecule has 0 atom stereocenters. The number of halogens is 2. The van der Waals surface area contributed by atoms with E-state index < -0.39 is 0 Å². The first kappa shape index (κ1) is 14.3. The van der Waals surface area contributed by atoms with Crippen LogP contribution in [0.2, 0.25) is 10.3 Å². The molecule has 1 amide bonds. The molecule has 0 spiro atoms. The monoisotopic (exact) mass is 321 g/mol. The maximum absolute atomic E-state index is 12.4. The first-order valence-corrected chi connectivity index (χ1v) is 7.51. The van der Waals surface area contributed by atoms with Crippen molar-refractivity contribution in [2.45, 2.75) is 25.7 Å². The fourth-order valence-electron chi connectivity index (χ4n) is 2.60. The van der Waals surface area contributed by atoms with Crippen molar-refractivity contribution in [1.82, 2.24) is 10.2 Å². The van der Waals surface area contributed by atoms with Crippen molar-refractivity contribution < 1.29 is 4.79 Å². The average molecular weight is 322 g/mol. The average Bonchev–Trinajstić information content (AvgIpc) is 2.50. The zero-order valence-corrected chi connectivity index (χ0v) is 12.7. The Morgan fingerprint density at radius 2 is 1.95 bits per heavy atom. The summed E-state index contributed by atoms with van der Waals surface area (Å²) >= 11 is 11.7. The maximum atomic E-state index is 12.4. The Hall–Kier alpha value is -1.65. The van der Waals surface area contributed by atoms with Gasteiger partial charge in [-0.25, -0.2) is 0 Å². The van der Waals surface area contributed by atoms with Gasteiger partial charge in [0.15, 0.2) is 10.3 Å². The van der Waals surface area contributed by atoms with Crippen LogP contribution in [0.25, 0.3) is 0 Å². The molecule has 0 aliphatic heterocycles. The minimum Gasteiger partial charge on any atom is -0.322 e. The minimum atomic E-state index is -0.323. The summed E-state index contributed by atoms with van der Waals surface area (Å²) in [6, 6.07) is 7.40. The Morgan fingerprint density at radius 1 is 1.14 bits per heavy atom. The van der Waals surface area contributed by atoms with Crippen LogP contribution in [-0.2, 0) is 12.8 Å². The number of aromatic nitrogens is 2. The summed E-state index contributed by atoms with van der Waals surface area (Å²) in [6.07, 6.45) is 4.38. The number of nitrogens with one attached hydrogen (secondary N) is 1. The van der Waals surface area contributed by atoms with Gasteiger partial charge < -0.3 is 5.32 Å². The largest absolute Gasteiger partial charge is 0.322 e. The van der Waals surface area contributed by atoms with E-state index in [2.05, 4.69) is 21.6 Å². The van der Waals surface area contributed by atoms with E-state index in [1.165, 1.54) is 23.6 Å². The second-order valence-corrected chi connectivity index (χ2v) is 5.72. The van der Waals surface area contributed by atoms with E-state index in [0.29, 0.717) is 0 Å². The van der Waals surface area contributed by atoms with Crippen LogP contribution >= 0.6 is 23.2 Å². The molecule has 0 fully saturated rings. The SMILES string of the molecule is O=C(Nc1cccc2c1CCCC2)c1cc(Cl)nnc1Cl. The van der Waals surface area contributed by atoms with Gasteiger partial charge in [-0.15, -0.1) is 10.2 Å². The van der Waals surface area contributed by atoms with Gasteiger partial charge >= 0.3 is 0 Å². The lowest BCUT2D eigenvalue weighted by Gasteiger charge is -2.19. The molecule has 0 bridgehead atoms. The highest BCUT2D eigenvalue weighted by molar-refractivity contribution is 6.34. The third-order valence-corrected chi connectivity index (χ3v) is 4.07. The highest BCUT2D eigenvalue weighted by Gasteiger charge is 2.17. The predicted molar refractivity (Wildman–Crippen MR) is 83.1 cm³/mol. The second-order valence-electron chi connectivity index (χ2n) is 4.98. The summed E-state index contributed by atoms with van der Waals surface area (Å²) in [7, 11) is 0. The van der Waals surface area contributed by atoms with Crippen molar-refractivity contribution in [1.29, 1.82) is 0 Å². The first-order valence-electron chi connectivity index (χ1n) is 6.76. The van der Waals surface area contributed by atoms with Gasteiger partial charge in [0, 0.05) is 5.69 Å². The third-order valence-electron chi connectivity index (χ3n) is 3.61. The number of nitrogens with zero attached hydrogens (tertiary/aromatic N) is 2. The molecule has 2 aromatic rings. The molecule has 3 rings (SSSR count). The van der Waals surface area contributed by atoms with E-state index in [9.17, 15) is 4.79 Å². The number of benzene rings is 1. The standard InChI is InChI=1S/C15H13Cl2N3O/c16-13-8-11(14(17)20-19-13)15(21)18-12-7-3-5-9-4-1-2-6-10(9)12/h3,5,7-8H,1-2,4,6H2,(H,18,21). The number of hydrogen-bond acceptors (Lipinski definition) is 3. The van der Waals surface area contributed by atoms with Crippen LogP contribution in [0.4, 0.5) is 5.69 Å². The molecule has 6 heteroatoms. The van der Waals surface area contributed by atoms with Crippen molar-refractivity contribution in [3.8, 4) is 0 Å². The van der Waals surface area contributed by atoms with Crippen LogP contribution in [0.1, 0.15) is 34.3 Å². The highest BCUT2D eigenvalue weighted by atomic mass is 35.5. The smallest absolute Gasteiger partial charge is 0.258 e. The molecule has 4 nitrogen and oxygen atoms in total. The van der Waals surface area contributed by atoms with E-state index in [1.807, 2.05) is 12.1 Å². The molecule has 0 unspecified atom stereocenters. The number of fused-ring (bicyclic) bond motifs is 1. The second kappa shape index (κ2) is 6.00. The Balaban J connectivity index is 1.90. The molecule has 1 aromatic heterocycles. The summed E-state index contributed by atoms with van der Waals surface area (Å²) < 4.78 is 0. The van der Waals surface area contributed by atoms with Gasteiger partial charge in [-0.3, -0.25) is 4.79 Å². The quantitative estimate of drug-likeness (QED) is 0.912. The number of anilines is 1. The Kier molecular flexibility index (Phi) is 4.08. The molecule has 0 saturated carbocycles. The number of carbonyl (C=O) groups is 1. The molecule has 1 aliphatic rings. The third kappa shape index (κ3) is 3.01. The van der Waals surface area contributed by atoms with Crippen molar-refractivity contribution in [3.05, 3.63) is 51.3 Å². The number of amides is 1. The Bertz CT molecular complexity index is 703. The summed E-state index contributed by atoms with van der Waals surface area (Å²) in [5.74, 6) is -0.323. The highest BCUT2D eigenvalue weighted by Crippen LogP contribution is 2.28. The van der Waals surface area contributed by atoms with E-state index in [-0.39, 0.29) is 21.8 Å². The van der Waals surface area contributed by atoms with E-state index >= 15 is 0 Å². The topological polar surface area (TPSA) is 54.9 Å². The van der Waals surface area contributed by atoms with Crippen LogP contribution in [0, 0.1) is 0 Å². The number of carbonyl (C=O) groups excluding carboxylic acids is 1. The molecule has 1 aromatic carbocycles. The summed E-state index contributed by atoms with van der Waals surface area (Å²) in [6.45, 7) is 0. The number of hydrogen-bond donors (Lipinski definition) is 1. The van der Waals surface area contributed by atoms with Crippen molar-refractivity contribution in [3.63, 3.8) is 0 Å². The van der Waals surface area contributed by atoms with Crippen LogP contribution in [0.5, 0.6) is 0 Å². The molecule has 1 N–H and O–H groups in total. The van der Waals surface area contributed by atoms with Gasteiger partial charge in [-0.05, 0) is 48.9 Å². The van der Waals surface area contributed by atoms with Gasteiger partial charge in [0.1, 0.15) is 0 Å². The van der Waals surface area contributed by atoms with Gasteiger partial charge in [0.2, 0.25) is 0 Å². The molecule has 0 saturated heterocycles. The fraction of sp³-hybridized carbons (Fsp3) is 0.267. The fourth-order valence-corrected chi connectivity index (χ4v) is 2.93. The molecule has 108 valence electrons. The van der Waals surface area contributed by atoms with Crippen LogP contribution < -0.4 is 5.32 Å². The predicted octanol–water partition coefficient (Wildman–Crippen LogP) is 3.91. The summed E-state index contributed by atoms with van der Waals surface area (Å²) in [5, 5.41) is 10.3. The molecule has 1 heterocycles. The lowest BCUT2D eigenvalue weighted by molar-refractivity contribution is 0.102. The normalized spacial score (nSPS) is 13.6. The van der Waals surface area contributed by atoms with E-state index in [0.717, 1.165) is 24.9 Å². The molecular formula is C15H13Cl2N3O. The lowest BCUT2D eigenvalue weighted by atomic mass is 9.90. The van der Waals surface area contributed by atoms with Crippen LogP contribution in [-0.4, -0.2) is 16.1 Å². The van der Waals surface area contributed by atoms with Crippen LogP contribution in [0.15, 0.2) is 24.3 Å². The molecule has 1 aliphatic carbocycles. The molecule has 0 radical (unpaired) electrons. The zero-order chi connectivity index (χ0) is 14.8. The van der Waals surface area contributed by atoms with Gasteiger partial charge in [0.25, 0.3) is 5.91 Å². The number of rotatable bonds is 2. The maximum Gasteiger partial charge on any atom is 0.258 e. The van der Waals surface area contributed by atoms with Crippen molar-refractivity contribution in [2.75, 3.05) is 5.32 Å². The molecular weight excluding hydrogens is 309 g/mol. The molecule has 21 heavy (non-hydrogen) atoms. The lowest BCUT2D eigenvalue weighted by Crippen LogP contribution is -2.16. The van der Waals surface area contributed by atoms with Crippen molar-refractivity contribution in [2.24, 2.45) is 0 Å². The van der Waals surface area contributed by atoms with Gasteiger partial charge in [0.05, 0.1) is 5.56 Å². The van der Waals surface area contributed by atoms with E-state index in [1.54, 1.807) is 0 Å². The summed E-state index contributed by atoms with van der Waals surface area (Å²) in [4.78, 5) is 12.4. The van der Waals surface area contributed by atoms with Crippen LogP contribution in [0.3, 0.4) is 0 Å².